The van der Waals surface area contributed by atoms with E-state index in [0.717, 1.165) is 36.8 Å². The summed E-state index contributed by atoms with van der Waals surface area (Å²) in [7, 11) is 0. The number of carbonyl (C=O) groups excluding carboxylic acids is 2. The average molecular weight is 475 g/mol. The molecule has 0 fully saturated rings. The van der Waals surface area contributed by atoms with Gasteiger partial charge in [0.2, 0.25) is 0 Å². The summed E-state index contributed by atoms with van der Waals surface area (Å²) in [5.41, 5.74) is 2.76. The number of rotatable bonds is 12. The zero-order valence-electron chi connectivity index (χ0n) is 19.9. The van der Waals surface area contributed by atoms with Crippen molar-refractivity contribution in [3.05, 3.63) is 90.5 Å². The van der Waals surface area contributed by atoms with Gasteiger partial charge in [-0.05, 0) is 92.3 Å². The minimum absolute atomic E-state index is 0.214. The Morgan fingerprint density at radius 1 is 0.743 bits per heavy atom. The lowest BCUT2D eigenvalue weighted by atomic mass is 10.1. The highest BCUT2D eigenvalue weighted by molar-refractivity contribution is 5.91. The number of esters is 2. The third-order valence-electron chi connectivity index (χ3n) is 5.24. The van der Waals surface area contributed by atoms with Gasteiger partial charge in [0.05, 0.1) is 18.8 Å². The van der Waals surface area contributed by atoms with Crippen LogP contribution in [0.2, 0.25) is 0 Å². The lowest BCUT2D eigenvalue weighted by Gasteiger charge is -2.08. The van der Waals surface area contributed by atoms with E-state index in [9.17, 15) is 14.7 Å². The van der Waals surface area contributed by atoms with Crippen molar-refractivity contribution in [3.8, 4) is 28.4 Å². The molecule has 0 bridgehead atoms. The van der Waals surface area contributed by atoms with Crippen LogP contribution in [0.5, 0.6) is 17.2 Å². The van der Waals surface area contributed by atoms with Crippen LogP contribution in [0.1, 0.15) is 43.0 Å². The van der Waals surface area contributed by atoms with Crippen molar-refractivity contribution >= 4 is 11.9 Å². The number of aromatic hydroxyl groups is 1. The summed E-state index contributed by atoms with van der Waals surface area (Å²) in [5.74, 6) is 0.569. The summed E-state index contributed by atoms with van der Waals surface area (Å²) >= 11 is 0. The molecule has 3 aromatic carbocycles. The molecule has 0 saturated heterocycles. The maximum Gasteiger partial charge on any atom is 0.343 e. The molecule has 0 heterocycles. The Morgan fingerprint density at radius 3 is 1.89 bits per heavy atom. The summed E-state index contributed by atoms with van der Waals surface area (Å²) in [4.78, 5) is 23.7. The van der Waals surface area contributed by atoms with E-state index in [-0.39, 0.29) is 11.7 Å². The van der Waals surface area contributed by atoms with Gasteiger partial charge in [-0.2, -0.15) is 0 Å². The lowest BCUT2D eigenvalue weighted by molar-refractivity contribution is -0.139. The minimum atomic E-state index is -0.443. The van der Waals surface area contributed by atoms with Gasteiger partial charge in [0.25, 0.3) is 0 Å². The number of benzene rings is 3. The predicted octanol–water partition coefficient (Wildman–Crippen LogP) is 6.34. The topological polar surface area (TPSA) is 82.1 Å². The zero-order chi connectivity index (χ0) is 25.0. The Labute approximate surface area is 205 Å². The number of hydrogen-bond donors (Lipinski definition) is 1. The fraction of sp³-hybridized carbons (Fsp3) is 0.241. The molecule has 0 unspecified atom stereocenters. The van der Waals surface area contributed by atoms with Crippen molar-refractivity contribution in [3.63, 3.8) is 0 Å². The molecule has 0 aromatic heterocycles. The molecule has 0 saturated carbocycles. The number of ether oxygens (including phenoxy) is 3. The van der Waals surface area contributed by atoms with Crippen molar-refractivity contribution in [1.29, 1.82) is 0 Å². The van der Waals surface area contributed by atoms with Crippen molar-refractivity contribution < 1.29 is 28.9 Å². The molecule has 0 aliphatic rings. The Kier molecular flexibility index (Phi) is 9.49. The molecule has 0 amide bonds. The van der Waals surface area contributed by atoms with E-state index in [2.05, 4.69) is 6.58 Å². The predicted molar refractivity (Wildman–Crippen MR) is 135 cm³/mol. The van der Waals surface area contributed by atoms with Gasteiger partial charge in [0.15, 0.2) is 0 Å². The number of hydrogen-bond acceptors (Lipinski definition) is 6. The van der Waals surface area contributed by atoms with E-state index in [1.807, 2.05) is 24.3 Å². The third kappa shape index (κ3) is 8.34. The first-order valence-corrected chi connectivity index (χ1v) is 11.6. The zero-order valence-corrected chi connectivity index (χ0v) is 19.9. The Balaban J connectivity index is 1.37. The lowest BCUT2D eigenvalue weighted by Crippen LogP contribution is -2.08. The molecular weight excluding hydrogens is 444 g/mol. The monoisotopic (exact) mass is 474 g/mol. The highest BCUT2D eigenvalue weighted by Crippen LogP contribution is 2.25. The van der Waals surface area contributed by atoms with Gasteiger partial charge < -0.3 is 19.3 Å². The standard InChI is InChI=1S/C29H30O6/c1-21(2)28(31)34-20-6-4-3-5-19-33-26-15-11-24(12-16-26)29(32)35-27-17-9-23(10-18-27)22-7-13-25(30)14-8-22/h7-18,30H,1,3-6,19-20H2,2H3. The molecule has 182 valence electrons. The van der Waals surface area contributed by atoms with E-state index >= 15 is 0 Å². The molecule has 0 spiro atoms. The van der Waals surface area contributed by atoms with Crippen LogP contribution >= 0.6 is 0 Å². The first-order chi connectivity index (χ1) is 16.9. The van der Waals surface area contributed by atoms with Gasteiger partial charge in [-0.1, -0.05) is 30.8 Å². The maximum atomic E-state index is 12.5. The van der Waals surface area contributed by atoms with Crippen LogP contribution in [-0.4, -0.2) is 30.3 Å². The van der Waals surface area contributed by atoms with Crippen molar-refractivity contribution in [2.45, 2.75) is 32.6 Å². The first-order valence-electron chi connectivity index (χ1n) is 11.6. The van der Waals surface area contributed by atoms with Gasteiger partial charge in [0.1, 0.15) is 17.2 Å². The van der Waals surface area contributed by atoms with Gasteiger partial charge in [-0.3, -0.25) is 0 Å². The Hall–Kier alpha value is -4.06. The number of phenols is 1. The Bertz CT molecular complexity index is 1120. The highest BCUT2D eigenvalue weighted by Gasteiger charge is 2.09. The molecule has 3 rings (SSSR count). The van der Waals surface area contributed by atoms with Crippen molar-refractivity contribution in [1.82, 2.24) is 0 Å². The normalized spacial score (nSPS) is 10.4. The van der Waals surface area contributed by atoms with Crippen LogP contribution < -0.4 is 9.47 Å². The summed E-state index contributed by atoms with van der Waals surface area (Å²) in [6.07, 6.45) is 3.63. The largest absolute Gasteiger partial charge is 0.508 e. The fourth-order valence-electron chi connectivity index (χ4n) is 3.26. The van der Waals surface area contributed by atoms with Gasteiger partial charge in [0, 0.05) is 5.57 Å². The van der Waals surface area contributed by atoms with Crippen LogP contribution in [0.15, 0.2) is 84.9 Å². The molecule has 6 nitrogen and oxygen atoms in total. The van der Waals surface area contributed by atoms with E-state index in [4.69, 9.17) is 14.2 Å². The van der Waals surface area contributed by atoms with Crippen LogP contribution in [0.3, 0.4) is 0 Å². The quantitative estimate of drug-likeness (QED) is 0.143. The molecule has 0 aliphatic heterocycles. The molecule has 6 heteroatoms. The maximum absolute atomic E-state index is 12.5. The van der Waals surface area contributed by atoms with Gasteiger partial charge in [-0.15, -0.1) is 0 Å². The van der Waals surface area contributed by atoms with Crippen molar-refractivity contribution in [2.24, 2.45) is 0 Å². The second kappa shape index (κ2) is 13.0. The highest BCUT2D eigenvalue weighted by atomic mass is 16.5. The van der Waals surface area contributed by atoms with Crippen LogP contribution in [-0.2, 0) is 9.53 Å². The summed E-state index contributed by atoms with van der Waals surface area (Å²) < 4.78 is 16.3. The second-order valence-electron chi connectivity index (χ2n) is 8.16. The van der Waals surface area contributed by atoms with Crippen LogP contribution in [0, 0.1) is 0 Å². The molecular formula is C29H30O6. The second-order valence-corrected chi connectivity index (χ2v) is 8.16. The SMILES string of the molecule is C=C(C)C(=O)OCCCCCCOc1ccc(C(=O)Oc2ccc(-c3ccc(O)cc3)cc2)cc1. The molecule has 3 aromatic rings. The summed E-state index contributed by atoms with van der Waals surface area (Å²) in [5, 5.41) is 9.41. The van der Waals surface area contributed by atoms with Crippen LogP contribution in [0.4, 0.5) is 0 Å². The number of carbonyl (C=O) groups is 2. The third-order valence-corrected chi connectivity index (χ3v) is 5.24. The van der Waals surface area contributed by atoms with E-state index in [0.29, 0.717) is 35.8 Å². The van der Waals surface area contributed by atoms with E-state index in [1.54, 1.807) is 55.5 Å². The summed E-state index contributed by atoms with van der Waals surface area (Å²) in [6.45, 7) is 6.16. The Morgan fingerprint density at radius 2 is 1.29 bits per heavy atom. The molecule has 0 radical (unpaired) electrons. The minimum Gasteiger partial charge on any atom is -0.508 e. The molecule has 1 N–H and O–H groups in total. The van der Waals surface area contributed by atoms with Gasteiger partial charge >= 0.3 is 11.9 Å². The average Bonchev–Trinajstić information content (AvgIpc) is 2.86. The van der Waals surface area contributed by atoms with Crippen LogP contribution in [0.25, 0.3) is 11.1 Å². The molecule has 0 aliphatic carbocycles. The van der Waals surface area contributed by atoms with Crippen molar-refractivity contribution in [2.75, 3.05) is 13.2 Å². The van der Waals surface area contributed by atoms with Gasteiger partial charge in [-0.25, -0.2) is 9.59 Å². The fourth-order valence-corrected chi connectivity index (χ4v) is 3.26. The first kappa shape index (κ1) is 25.6. The molecule has 35 heavy (non-hydrogen) atoms. The van der Waals surface area contributed by atoms with E-state index < -0.39 is 5.97 Å². The number of phenolic OH excluding ortho intramolecular Hbond substituents is 1. The summed E-state index contributed by atoms with van der Waals surface area (Å²) in [6, 6.07) is 21.0. The number of unbranched alkanes of at least 4 members (excludes halogenated alkanes) is 3. The smallest absolute Gasteiger partial charge is 0.343 e. The van der Waals surface area contributed by atoms with E-state index in [1.165, 1.54) is 0 Å². The molecule has 0 atom stereocenters.